The topological polar surface area (TPSA) is 43.4 Å². The zero-order valence-corrected chi connectivity index (χ0v) is 14.9. The maximum Gasteiger partial charge on any atom is 0.195 e. The van der Waals surface area contributed by atoms with Gasteiger partial charge in [0.1, 0.15) is 11.3 Å². The Morgan fingerprint density at radius 3 is 2.74 bits per heavy atom. The SMILES string of the molecule is CC.Cc1ccc(C2NC(COCc3nccs3)=CO2)cc1C. The normalized spacial score (nSPS) is 16.0. The number of thiazole rings is 1. The van der Waals surface area contributed by atoms with Gasteiger partial charge >= 0.3 is 0 Å². The molecule has 0 amide bonds. The maximum absolute atomic E-state index is 5.67. The molecule has 0 saturated heterocycles. The second-order valence-corrected chi connectivity index (χ2v) is 6.05. The molecule has 0 saturated carbocycles. The quantitative estimate of drug-likeness (QED) is 0.878. The lowest BCUT2D eigenvalue weighted by atomic mass is 10.1. The van der Waals surface area contributed by atoms with Gasteiger partial charge in [0, 0.05) is 17.1 Å². The van der Waals surface area contributed by atoms with E-state index < -0.39 is 0 Å². The summed E-state index contributed by atoms with van der Waals surface area (Å²) in [6, 6.07) is 6.36. The van der Waals surface area contributed by atoms with Crippen LogP contribution in [0.2, 0.25) is 0 Å². The van der Waals surface area contributed by atoms with Crippen LogP contribution in [0.3, 0.4) is 0 Å². The van der Waals surface area contributed by atoms with E-state index in [1.54, 1.807) is 23.8 Å². The summed E-state index contributed by atoms with van der Waals surface area (Å²) in [6.45, 7) is 9.25. The molecule has 1 aromatic heterocycles. The number of ether oxygens (including phenoxy) is 2. The minimum absolute atomic E-state index is 0.122. The second-order valence-electron chi connectivity index (χ2n) is 5.07. The predicted molar refractivity (Wildman–Crippen MR) is 94.1 cm³/mol. The standard InChI is InChI=1S/C16H18N2O2S.C2H6/c1-11-3-4-13(7-12(11)2)16-18-14(9-20-16)8-19-10-15-17-5-6-21-15;1-2/h3-7,9,16,18H,8,10H2,1-2H3;1-2H3. The highest BCUT2D eigenvalue weighted by molar-refractivity contribution is 7.09. The average Bonchev–Trinajstić information content (AvgIpc) is 3.24. The Morgan fingerprint density at radius 2 is 2.04 bits per heavy atom. The molecule has 2 aromatic rings. The lowest BCUT2D eigenvalue weighted by Crippen LogP contribution is -2.18. The molecule has 0 spiro atoms. The number of aryl methyl sites for hydroxylation is 2. The van der Waals surface area contributed by atoms with E-state index in [0.717, 1.165) is 16.3 Å². The van der Waals surface area contributed by atoms with Crippen LogP contribution in [-0.4, -0.2) is 11.6 Å². The lowest BCUT2D eigenvalue weighted by molar-refractivity contribution is 0.133. The van der Waals surface area contributed by atoms with E-state index in [1.807, 2.05) is 19.2 Å². The minimum atomic E-state index is -0.122. The first kappa shape index (κ1) is 17.5. The summed E-state index contributed by atoms with van der Waals surface area (Å²) < 4.78 is 11.3. The van der Waals surface area contributed by atoms with Gasteiger partial charge in [0.05, 0.1) is 18.9 Å². The third-order valence-electron chi connectivity index (χ3n) is 3.46. The summed E-state index contributed by atoms with van der Waals surface area (Å²) in [5, 5.41) is 6.27. The fourth-order valence-corrected chi connectivity index (χ4v) is 2.68. The van der Waals surface area contributed by atoms with Crippen LogP contribution in [-0.2, 0) is 16.1 Å². The molecule has 2 heterocycles. The molecular weight excluding hydrogens is 308 g/mol. The van der Waals surface area contributed by atoms with E-state index in [1.165, 1.54) is 11.1 Å². The molecule has 1 unspecified atom stereocenters. The summed E-state index contributed by atoms with van der Waals surface area (Å²) >= 11 is 1.60. The molecule has 1 aromatic carbocycles. The Balaban J connectivity index is 0.000000924. The van der Waals surface area contributed by atoms with Crippen molar-refractivity contribution in [3.05, 3.63) is 63.4 Å². The zero-order chi connectivity index (χ0) is 16.7. The summed E-state index contributed by atoms with van der Waals surface area (Å²) in [4.78, 5) is 4.18. The molecule has 5 heteroatoms. The number of hydrogen-bond donors (Lipinski definition) is 1. The van der Waals surface area contributed by atoms with Crippen molar-refractivity contribution in [2.45, 2.75) is 40.5 Å². The Hall–Kier alpha value is -1.85. The number of nitrogens with zero attached hydrogens (tertiary/aromatic N) is 1. The Labute approximate surface area is 142 Å². The van der Waals surface area contributed by atoms with Gasteiger partial charge in [-0.05, 0) is 25.0 Å². The molecular formula is C18H24N2O2S. The van der Waals surface area contributed by atoms with Crippen LogP contribution in [0.4, 0.5) is 0 Å². The number of rotatable bonds is 5. The van der Waals surface area contributed by atoms with Gasteiger partial charge in [-0.2, -0.15) is 0 Å². The Kier molecular flexibility index (Phi) is 6.62. The third-order valence-corrected chi connectivity index (χ3v) is 4.22. The second kappa shape index (κ2) is 8.70. The average molecular weight is 332 g/mol. The zero-order valence-electron chi connectivity index (χ0n) is 14.1. The van der Waals surface area contributed by atoms with Crippen LogP contribution in [0, 0.1) is 13.8 Å². The van der Waals surface area contributed by atoms with E-state index in [2.05, 4.69) is 42.3 Å². The minimum Gasteiger partial charge on any atom is -0.472 e. The fraction of sp³-hybridized carbons (Fsp3) is 0.389. The van der Waals surface area contributed by atoms with E-state index in [0.29, 0.717) is 13.2 Å². The first-order chi connectivity index (χ1) is 11.2. The fourth-order valence-electron chi connectivity index (χ4n) is 2.12. The summed E-state index contributed by atoms with van der Waals surface area (Å²) in [6.07, 6.45) is 3.40. The highest BCUT2D eigenvalue weighted by Crippen LogP contribution is 2.24. The number of hydrogen-bond acceptors (Lipinski definition) is 5. The number of nitrogens with one attached hydrogen (secondary N) is 1. The van der Waals surface area contributed by atoms with Gasteiger partial charge in [0.25, 0.3) is 0 Å². The summed E-state index contributed by atoms with van der Waals surface area (Å²) in [7, 11) is 0. The largest absolute Gasteiger partial charge is 0.472 e. The smallest absolute Gasteiger partial charge is 0.195 e. The van der Waals surface area contributed by atoms with Crippen molar-refractivity contribution in [3.8, 4) is 0 Å². The molecule has 124 valence electrons. The van der Waals surface area contributed by atoms with Gasteiger partial charge in [-0.15, -0.1) is 11.3 Å². The number of aromatic nitrogens is 1. The highest BCUT2D eigenvalue weighted by Gasteiger charge is 2.19. The summed E-state index contributed by atoms with van der Waals surface area (Å²) in [5.41, 5.74) is 4.64. The molecule has 1 atom stereocenters. The third kappa shape index (κ3) is 4.81. The number of benzene rings is 1. The molecule has 3 rings (SSSR count). The van der Waals surface area contributed by atoms with Crippen LogP contribution in [0.25, 0.3) is 0 Å². The monoisotopic (exact) mass is 332 g/mol. The van der Waals surface area contributed by atoms with Gasteiger partial charge < -0.3 is 14.8 Å². The van der Waals surface area contributed by atoms with Gasteiger partial charge in [0.15, 0.2) is 6.23 Å². The van der Waals surface area contributed by atoms with Crippen molar-refractivity contribution in [1.82, 2.24) is 10.3 Å². The molecule has 0 radical (unpaired) electrons. The molecule has 23 heavy (non-hydrogen) atoms. The summed E-state index contributed by atoms with van der Waals surface area (Å²) in [5.74, 6) is 0. The van der Waals surface area contributed by atoms with Crippen molar-refractivity contribution in [2.24, 2.45) is 0 Å². The molecule has 0 fully saturated rings. The van der Waals surface area contributed by atoms with Crippen LogP contribution in [0.15, 0.2) is 41.7 Å². The molecule has 1 N–H and O–H groups in total. The maximum atomic E-state index is 5.67. The van der Waals surface area contributed by atoms with Crippen LogP contribution in [0.1, 0.15) is 41.8 Å². The lowest BCUT2D eigenvalue weighted by Gasteiger charge is -2.14. The van der Waals surface area contributed by atoms with Gasteiger partial charge in [-0.3, -0.25) is 0 Å². The van der Waals surface area contributed by atoms with Crippen molar-refractivity contribution >= 4 is 11.3 Å². The van der Waals surface area contributed by atoms with E-state index in [9.17, 15) is 0 Å². The Morgan fingerprint density at radius 1 is 1.22 bits per heavy atom. The van der Waals surface area contributed by atoms with Crippen molar-refractivity contribution in [2.75, 3.05) is 6.61 Å². The molecule has 4 nitrogen and oxygen atoms in total. The van der Waals surface area contributed by atoms with Crippen LogP contribution >= 0.6 is 11.3 Å². The van der Waals surface area contributed by atoms with E-state index in [-0.39, 0.29) is 6.23 Å². The molecule has 1 aliphatic rings. The first-order valence-electron chi connectivity index (χ1n) is 7.86. The van der Waals surface area contributed by atoms with Crippen LogP contribution in [0.5, 0.6) is 0 Å². The predicted octanol–water partition coefficient (Wildman–Crippen LogP) is 4.46. The van der Waals surface area contributed by atoms with Crippen molar-refractivity contribution in [3.63, 3.8) is 0 Å². The highest BCUT2D eigenvalue weighted by atomic mass is 32.1. The van der Waals surface area contributed by atoms with E-state index >= 15 is 0 Å². The molecule has 1 aliphatic heterocycles. The first-order valence-corrected chi connectivity index (χ1v) is 8.74. The van der Waals surface area contributed by atoms with Gasteiger partial charge in [0.2, 0.25) is 0 Å². The van der Waals surface area contributed by atoms with Crippen molar-refractivity contribution < 1.29 is 9.47 Å². The Bertz CT molecular complexity index is 638. The molecule has 0 bridgehead atoms. The molecule has 0 aliphatic carbocycles. The van der Waals surface area contributed by atoms with E-state index in [4.69, 9.17) is 9.47 Å². The van der Waals surface area contributed by atoms with Gasteiger partial charge in [-0.1, -0.05) is 32.0 Å². The van der Waals surface area contributed by atoms with Crippen molar-refractivity contribution in [1.29, 1.82) is 0 Å². The van der Waals surface area contributed by atoms with Crippen LogP contribution < -0.4 is 5.32 Å². The van der Waals surface area contributed by atoms with Gasteiger partial charge in [-0.25, -0.2) is 4.98 Å².